The summed E-state index contributed by atoms with van der Waals surface area (Å²) in [6.45, 7) is 0.444. The van der Waals surface area contributed by atoms with Gasteiger partial charge < -0.3 is 5.73 Å². The molecule has 0 fully saturated rings. The minimum atomic E-state index is -0.291. The van der Waals surface area contributed by atoms with Gasteiger partial charge in [0, 0.05) is 18.3 Å². The van der Waals surface area contributed by atoms with E-state index in [4.69, 9.17) is 17.3 Å². The molecule has 5 nitrogen and oxygen atoms in total. The molecule has 1 heterocycles. The van der Waals surface area contributed by atoms with E-state index in [9.17, 15) is 4.79 Å². The highest BCUT2D eigenvalue weighted by Gasteiger charge is 2.07. The van der Waals surface area contributed by atoms with Crippen molar-refractivity contribution < 1.29 is 4.79 Å². The molecule has 2 rings (SSSR count). The van der Waals surface area contributed by atoms with Crippen LogP contribution in [-0.2, 0) is 6.54 Å². The van der Waals surface area contributed by atoms with Gasteiger partial charge in [0.25, 0.3) is 5.91 Å². The molecule has 0 saturated heterocycles. The molecule has 0 saturated carbocycles. The van der Waals surface area contributed by atoms with E-state index in [1.54, 1.807) is 24.3 Å². The van der Waals surface area contributed by atoms with Crippen LogP contribution in [-0.4, -0.2) is 15.9 Å². The quantitative estimate of drug-likeness (QED) is 0.827. The molecule has 0 unspecified atom stereocenters. The summed E-state index contributed by atoms with van der Waals surface area (Å²) < 4.78 is 0. The van der Waals surface area contributed by atoms with E-state index in [1.165, 1.54) is 12.3 Å². The Kier molecular flexibility index (Phi) is 3.86. The first-order valence-corrected chi connectivity index (χ1v) is 5.66. The Morgan fingerprint density at radius 2 is 2.00 bits per heavy atom. The molecule has 1 amide bonds. The van der Waals surface area contributed by atoms with Crippen molar-refractivity contribution in [3.05, 3.63) is 52.8 Å². The molecule has 1 aromatic carbocycles. The number of benzene rings is 1. The van der Waals surface area contributed by atoms with Crippen LogP contribution in [0.2, 0.25) is 5.15 Å². The molecule has 2 aromatic rings. The predicted molar refractivity (Wildman–Crippen MR) is 69.3 cm³/mol. The second-order valence-corrected chi connectivity index (χ2v) is 3.95. The van der Waals surface area contributed by atoms with E-state index in [-0.39, 0.29) is 17.0 Å². The molecule has 92 valence electrons. The average molecular weight is 263 g/mol. The maximum absolute atomic E-state index is 11.9. The summed E-state index contributed by atoms with van der Waals surface area (Å²) in [5.41, 5.74) is 6.95. The number of halogens is 1. The molecule has 1 aromatic heterocycles. The van der Waals surface area contributed by atoms with Crippen LogP contribution in [0.25, 0.3) is 0 Å². The lowest BCUT2D eigenvalue weighted by atomic mass is 10.1. The van der Waals surface area contributed by atoms with E-state index >= 15 is 0 Å². The Morgan fingerprint density at radius 3 is 2.61 bits per heavy atom. The van der Waals surface area contributed by atoms with Crippen LogP contribution in [0, 0.1) is 0 Å². The zero-order valence-electron chi connectivity index (χ0n) is 9.43. The second-order valence-electron chi connectivity index (χ2n) is 3.56. The van der Waals surface area contributed by atoms with Gasteiger partial charge in [-0.2, -0.15) is 0 Å². The summed E-state index contributed by atoms with van der Waals surface area (Å²) in [7, 11) is 0. The van der Waals surface area contributed by atoms with Gasteiger partial charge in [-0.1, -0.05) is 23.7 Å². The number of anilines is 1. The standard InChI is InChI=1S/C12H11ClN4O/c13-10-5-6-15-12(16-10)17-11(18)9-3-1-8(7-14)2-4-9/h1-6H,7,14H2,(H,15,16,17,18). The van der Waals surface area contributed by atoms with Crippen molar-refractivity contribution in [2.75, 3.05) is 5.32 Å². The zero-order chi connectivity index (χ0) is 13.0. The Hall–Kier alpha value is -1.98. The summed E-state index contributed by atoms with van der Waals surface area (Å²) in [5, 5.41) is 2.84. The van der Waals surface area contributed by atoms with E-state index in [1.807, 2.05) is 0 Å². The number of nitrogens with two attached hydrogens (primary N) is 1. The minimum Gasteiger partial charge on any atom is -0.326 e. The lowest BCUT2D eigenvalue weighted by Crippen LogP contribution is -2.14. The number of aromatic nitrogens is 2. The van der Waals surface area contributed by atoms with Crippen molar-refractivity contribution in [1.82, 2.24) is 9.97 Å². The Labute approximate surface area is 109 Å². The molecular weight excluding hydrogens is 252 g/mol. The Bertz CT molecular complexity index is 556. The molecule has 6 heteroatoms. The number of carbonyl (C=O) groups is 1. The van der Waals surface area contributed by atoms with Gasteiger partial charge in [-0.3, -0.25) is 10.1 Å². The third-order valence-corrected chi connectivity index (χ3v) is 2.51. The Morgan fingerprint density at radius 1 is 1.28 bits per heavy atom. The molecule has 0 bridgehead atoms. The number of carbonyl (C=O) groups excluding carboxylic acids is 1. The fourth-order valence-corrected chi connectivity index (χ4v) is 1.50. The first-order valence-electron chi connectivity index (χ1n) is 5.28. The molecule has 0 aliphatic heterocycles. The first-order chi connectivity index (χ1) is 8.69. The van der Waals surface area contributed by atoms with E-state index in [2.05, 4.69) is 15.3 Å². The first kappa shape index (κ1) is 12.5. The molecule has 0 spiro atoms. The van der Waals surface area contributed by atoms with Crippen molar-refractivity contribution >= 4 is 23.5 Å². The van der Waals surface area contributed by atoms with Crippen molar-refractivity contribution in [2.24, 2.45) is 5.73 Å². The van der Waals surface area contributed by atoms with Crippen LogP contribution in [0.5, 0.6) is 0 Å². The number of rotatable bonds is 3. The monoisotopic (exact) mass is 262 g/mol. The molecular formula is C12H11ClN4O. The van der Waals surface area contributed by atoms with E-state index in [0.717, 1.165) is 5.56 Å². The molecule has 0 aliphatic rings. The minimum absolute atomic E-state index is 0.176. The van der Waals surface area contributed by atoms with Gasteiger partial charge in [0.2, 0.25) is 5.95 Å². The average Bonchev–Trinajstić information content (AvgIpc) is 2.39. The highest BCUT2D eigenvalue weighted by molar-refractivity contribution is 6.29. The summed E-state index contributed by atoms with van der Waals surface area (Å²) >= 11 is 5.70. The third kappa shape index (κ3) is 3.03. The number of hydrogen-bond acceptors (Lipinski definition) is 4. The van der Waals surface area contributed by atoms with Crippen LogP contribution < -0.4 is 11.1 Å². The van der Waals surface area contributed by atoms with Crippen LogP contribution in [0.1, 0.15) is 15.9 Å². The van der Waals surface area contributed by atoms with Gasteiger partial charge >= 0.3 is 0 Å². The fourth-order valence-electron chi connectivity index (χ4n) is 1.36. The summed E-state index contributed by atoms with van der Waals surface area (Å²) in [6.07, 6.45) is 1.47. The van der Waals surface area contributed by atoms with Crippen LogP contribution in [0.3, 0.4) is 0 Å². The van der Waals surface area contributed by atoms with Gasteiger partial charge in [0.15, 0.2) is 0 Å². The van der Waals surface area contributed by atoms with Gasteiger partial charge in [0.1, 0.15) is 5.15 Å². The maximum atomic E-state index is 11.9. The van der Waals surface area contributed by atoms with E-state index in [0.29, 0.717) is 12.1 Å². The number of nitrogens with one attached hydrogen (secondary N) is 1. The normalized spacial score (nSPS) is 10.1. The molecule has 0 radical (unpaired) electrons. The van der Waals surface area contributed by atoms with Gasteiger partial charge in [-0.05, 0) is 23.8 Å². The van der Waals surface area contributed by atoms with Crippen LogP contribution >= 0.6 is 11.6 Å². The highest BCUT2D eigenvalue weighted by Crippen LogP contribution is 2.09. The van der Waals surface area contributed by atoms with Gasteiger partial charge in [-0.25, -0.2) is 9.97 Å². The maximum Gasteiger partial charge on any atom is 0.258 e. The number of hydrogen-bond donors (Lipinski definition) is 2. The molecule has 0 aliphatic carbocycles. The lowest BCUT2D eigenvalue weighted by molar-refractivity contribution is 0.102. The van der Waals surface area contributed by atoms with Gasteiger partial charge in [-0.15, -0.1) is 0 Å². The molecule has 18 heavy (non-hydrogen) atoms. The van der Waals surface area contributed by atoms with Gasteiger partial charge in [0.05, 0.1) is 0 Å². The highest BCUT2D eigenvalue weighted by atomic mass is 35.5. The largest absolute Gasteiger partial charge is 0.326 e. The van der Waals surface area contributed by atoms with Crippen molar-refractivity contribution in [2.45, 2.75) is 6.54 Å². The lowest BCUT2D eigenvalue weighted by Gasteiger charge is -2.04. The molecule has 0 atom stereocenters. The summed E-state index contributed by atoms with van der Waals surface area (Å²) in [6, 6.07) is 8.53. The summed E-state index contributed by atoms with van der Waals surface area (Å²) in [4.78, 5) is 19.6. The second kappa shape index (κ2) is 5.57. The summed E-state index contributed by atoms with van der Waals surface area (Å²) in [5.74, 6) is -0.115. The smallest absolute Gasteiger partial charge is 0.258 e. The zero-order valence-corrected chi connectivity index (χ0v) is 10.2. The topological polar surface area (TPSA) is 80.9 Å². The van der Waals surface area contributed by atoms with Crippen molar-refractivity contribution in [3.63, 3.8) is 0 Å². The predicted octanol–water partition coefficient (Wildman–Crippen LogP) is 1.84. The van der Waals surface area contributed by atoms with E-state index < -0.39 is 0 Å². The van der Waals surface area contributed by atoms with Crippen molar-refractivity contribution in [1.29, 1.82) is 0 Å². The third-order valence-electron chi connectivity index (χ3n) is 2.30. The fraction of sp³-hybridized carbons (Fsp3) is 0.0833. The number of nitrogens with zero attached hydrogens (tertiary/aromatic N) is 2. The number of amides is 1. The Balaban J connectivity index is 2.11. The van der Waals surface area contributed by atoms with Crippen molar-refractivity contribution in [3.8, 4) is 0 Å². The van der Waals surface area contributed by atoms with Crippen LogP contribution in [0.4, 0.5) is 5.95 Å². The SMILES string of the molecule is NCc1ccc(C(=O)Nc2nccc(Cl)n2)cc1. The molecule has 3 N–H and O–H groups in total. The van der Waals surface area contributed by atoms with Crippen LogP contribution in [0.15, 0.2) is 36.5 Å².